The van der Waals surface area contributed by atoms with Crippen LogP contribution in [0, 0.1) is 11.6 Å². The molecule has 1 heterocycles. The Hall–Kier alpha value is -2.71. The number of hydrogen-bond acceptors (Lipinski definition) is 4. The smallest absolute Gasteiger partial charge is 0.262 e. The van der Waals surface area contributed by atoms with Gasteiger partial charge >= 0.3 is 0 Å². The third kappa shape index (κ3) is 4.40. The number of aromatic nitrogens is 2. The molecule has 1 N–H and O–H groups in total. The topological polar surface area (TPSA) is 64.0 Å². The van der Waals surface area contributed by atoms with Gasteiger partial charge in [-0.3, -0.25) is 14.2 Å². The number of halogens is 3. The van der Waals surface area contributed by atoms with Crippen LogP contribution in [0.25, 0.3) is 10.9 Å². The molecule has 9 heteroatoms. The first-order chi connectivity index (χ1) is 13.4. The molecule has 0 aliphatic rings. The fourth-order valence-electron chi connectivity index (χ4n) is 2.48. The van der Waals surface area contributed by atoms with Crippen LogP contribution in [-0.2, 0) is 11.3 Å². The lowest BCUT2D eigenvalue weighted by molar-refractivity contribution is -0.113. The molecule has 0 aliphatic carbocycles. The van der Waals surface area contributed by atoms with Gasteiger partial charge in [0.1, 0.15) is 11.6 Å². The van der Waals surface area contributed by atoms with Crippen molar-refractivity contribution in [1.82, 2.24) is 9.55 Å². The molecule has 0 saturated heterocycles. The number of nitrogens with one attached hydrogen (secondary N) is 1. The Morgan fingerprint density at radius 3 is 2.79 bits per heavy atom. The van der Waals surface area contributed by atoms with Crippen molar-refractivity contribution in [2.45, 2.75) is 11.7 Å². The SMILES string of the molecule is C=CCn1c(SCC(=O)Nc2ccc(F)cc2F)nc2cc(Cl)ccc2c1=O. The molecule has 0 fully saturated rings. The van der Waals surface area contributed by atoms with Crippen LogP contribution in [0.3, 0.4) is 0 Å². The van der Waals surface area contributed by atoms with Gasteiger partial charge in [0.25, 0.3) is 5.56 Å². The molecule has 1 aromatic heterocycles. The summed E-state index contributed by atoms with van der Waals surface area (Å²) >= 11 is 6.98. The van der Waals surface area contributed by atoms with Crippen molar-refractivity contribution in [3.63, 3.8) is 0 Å². The maximum atomic E-state index is 13.7. The summed E-state index contributed by atoms with van der Waals surface area (Å²) in [5, 5.41) is 3.49. The highest BCUT2D eigenvalue weighted by molar-refractivity contribution is 7.99. The van der Waals surface area contributed by atoms with E-state index in [1.165, 1.54) is 4.57 Å². The van der Waals surface area contributed by atoms with Crippen molar-refractivity contribution in [3.8, 4) is 0 Å². The lowest BCUT2D eigenvalue weighted by atomic mass is 10.2. The predicted octanol–water partition coefficient (Wildman–Crippen LogP) is 4.24. The van der Waals surface area contributed by atoms with Crippen molar-refractivity contribution >= 4 is 45.9 Å². The second-order valence-electron chi connectivity index (χ2n) is 5.72. The average Bonchev–Trinajstić information content (AvgIpc) is 2.65. The zero-order chi connectivity index (χ0) is 20.3. The molecule has 3 rings (SSSR count). The van der Waals surface area contributed by atoms with Crippen LogP contribution in [0.5, 0.6) is 0 Å². The first-order valence-electron chi connectivity index (χ1n) is 8.07. The second kappa shape index (κ2) is 8.53. The number of carbonyl (C=O) groups is 1. The molecule has 2 aromatic carbocycles. The van der Waals surface area contributed by atoms with Gasteiger partial charge in [-0.1, -0.05) is 29.4 Å². The highest BCUT2D eigenvalue weighted by atomic mass is 35.5. The molecule has 0 spiro atoms. The Bertz CT molecular complexity index is 1130. The summed E-state index contributed by atoms with van der Waals surface area (Å²) in [5.74, 6) is -2.27. The Kier molecular flexibility index (Phi) is 6.11. The summed E-state index contributed by atoms with van der Waals surface area (Å²) in [6.45, 7) is 3.84. The fraction of sp³-hybridized carbons (Fsp3) is 0.105. The minimum absolute atomic E-state index is 0.131. The molecule has 0 bridgehead atoms. The van der Waals surface area contributed by atoms with Crippen molar-refractivity contribution < 1.29 is 13.6 Å². The van der Waals surface area contributed by atoms with Crippen LogP contribution < -0.4 is 10.9 Å². The van der Waals surface area contributed by atoms with Gasteiger partial charge < -0.3 is 5.32 Å². The minimum atomic E-state index is -0.875. The van der Waals surface area contributed by atoms with Crippen LogP contribution in [0.1, 0.15) is 0 Å². The molecule has 0 unspecified atom stereocenters. The molecule has 144 valence electrons. The number of carbonyl (C=O) groups excluding carboxylic acids is 1. The zero-order valence-corrected chi connectivity index (χ0v) is 16.0. The lowest BCUT2D eigenvalue weighted by Crippen LogP contribution is -2.24. The monoisotopic (exact) mass is 421 g/mol. The molecule has 5 nitrogen and oxygen atoms in total. The summed E-state index contributed by atoms with van der Waals surface area (Å²) in [6.07, 6.45) is 1.54. The maximum Gasteiger partial charge on any atom is 0.262 e. The van der Waals surface area contributed by atoms with E-state index in [1.54, 1.807) is 24.3 Å². The highest BCUT2D eigenvalue weighted by Crippen LogP contribution is 2.21. The van der Waals surface area contributed by atoms with Crippen molar-refractivity contribution in [2.24, 2.45) is 0 Å². The predicted molar refractivity (Wildman–Crippen MR) is 107 cm³/mol. The van der Waals surface area contributed by atoms with Crippen LogP contribution in [0.2, 0.25) is 5.02 Å². The molecule has 28 heavy (non-hydrogen) atoms. The van der Waals surface area contributed by atoms with Gasteiger partial charge in [-0.25, -0.2) is 13.8 Å². The molecule has 0 aliphatic heterocycles. The van der Waals surface area contributed by atoms with E-state index < -0.39 is 17.5 Å². The third-order valence-corrected chi connectivity index (χ3v) is 4.94. The number of hydrogen-bond donors (Lipinski definition) is 1. The summed E-state index contributed by atoms with van der Waals surface area (Å²) < 4.78 is 28.0. The van der Waals surface area contributed by atoms with Gasteiger partial charge in [0.15, 0.2) is 5.16 Å². The number of nitrogens with zero attached hydrogens (tertiary/aromatic N) is 2. The first kappa shape index (κ1) is 20.0. The fourth-order valence-corrected chi connectivity index (χ4v) is 3.46. The van der Waals surface area contributed by atoms with Crippen molar-refractivity contribution in [2.75, 3.05) is 11.1 Å². The van der Waals surface area contributed by atoms with Crippen LogP contribution >= 0.6 is 23.4 Å². The molecule has 0 atom stereocenters. The molecule has 0 saturated carbocycles. The van der Waals surface area contributed by atoms with E-state index in [9.17, 15) is 18.4 Å². The number of allylic oxidation sites excluding steroid dienone is 1. The van der Waals surface area contributed by atoms with E-state index >= 15 is 0 Å². The van der Waals surface area contributed by atoms with E-state index in [-0.39, 0.29) is 23.5 Å². The van der Waals surface area contributed by atoms with Gasteiger partial charge in [-0.05, 0) is 30.3 Å². The Labute approximate surface area is 168 Å². The minimum Gasteiger partial charge on any atom is -0.323 e. The van der Waals surface area contributed by atoms with Gasteiger partial charge in [-0.15, -0.1) is 6.58 Å². The largest absolute Gasteiger partial charge is 0.323 e. The quantitative estimate of drug-likeness (QED) is 0.367. The van der Waals surface area contributed by atoms with Gasteiger partial charge in [0.2, 0.25) is 5.91 Å². The Morgan fingerprint density at radius 2 is 2.07 bits per heavy atom. The Balaban J connectivity index is 1.84. The van der Waals surface area contributed by atoms with Crippen LogP contribution in [-0.4, -0.2) is 21.2 Å². The highest BCUT2D eigenvalue weighted by Gasteiger charge is 2.14. The number of anilines is 1. The number of amides is 1. The van der Waals surface area contributed by atoms with Crippen LogP contribution in [0.4, 0.5) is 14.5 Å². The molecule has 1 amide bonds. The van der Waals surface area contributed by atoms with Gasteiger partial charge in [-0.2, -0.15) is 0 Å². The molecule has 0 radical (unpaired) electrons. The zero-order valence-electron chi connectivity index (χ0n) is 14.4. The standard InChI is InChI=1S/C19H14ClF2N3O2S/c1-2-7-25-18(27)13-5-3-11(20)8-16(13)24-19(25)28-10-17(26)23-15-6-4-12(21)9-14(15)22/h2-6,8-9H,1,7,10H2,(H,23,26). The number of fused-ring (bicyclic) bond motifs is 1. The summed E-state index contributed by atoms with van der Waals surface area (Å²) in [7, 11) is 0. The van der Waals surface area contributed by atoms with E-state index in [1.807, 2.05) is 0 Å². The third-order valence-electron chi connectivity index (χ3n) is 3.73. The van der Waals surface area contributed by atoms with Crippen molar-refractivity contribution in [3.05, 3.63) is 76.1 Å². The molecular weight excluding hydrogens is 408 g/mol. The van der Waals surface area contributed by atoms with E-state index in [0.29, 0.717) is 27.1 Å². The van der Waals surface area contributed by atoms with Crippen LogP contribution in [0.15, 0.2) is 59.0 Å². The average molecular weight is 422 g/mol. The number of benzene rings is 2. The summed E-state index contributed by atoms with van der Waals surface area (Å²) in [4.78, 5) is 29.3. The summed E-state index contributed by atoms with van der Waals surface area (Å²) in [5.41, 5.74) is -0.00640. The second-order valence-corrected chi connectivity index (χ2v) is 7.10. The summed E-state index contributed by atoms with van der Waals surface area (Å²) in [6, 6.07) is 7.61. The number of thioether (sulfide) groups is 1. The molecule has 3 aromatic rings. The van der Waals surface area contributed by atoms with E-state index in [0.717, 1.165) is 23.9 Å². The number of rotatable bonds is 6. The molecular formula is C19H14ClF2N3O2S. The lowest BCUT2D eigenvalue weighted by Gasteiger charge is -2.12. The first-order valence-corrected chi connectivity index (χ1v) is 9.44. The van der Waals surface area contributed by atoms with E-state index in [4.69, 9.17) is 11.6 Å². The van der Waals surface area contributed by atoms with E-state index in [2.05, 4.69) is 16.9 Å². The van der Waals surface area contributed by atoms with Crippen molar-refractivity contribution in [1.29, 1.82) is 0 Å². The van der Waals surface area contributed by atoms with Gasteiger partial charge in [0.05, 0.1) is 22.3 Å². The van der Waals surface area contributed by atoms with Gasteiger partial charge in [0, 0.05) is 17.6 Å². The normalized spacial score (nSPS) is 10.8. The maximum absolute atomic E-state index is 13.7. The Morgan fingerprint density at radius 1 is 1.29 bits per heavy atom.